The summed E-state index contributed by atoms with van der Waals surface area (Å²) >= 11 is 1.07. The third kappa shape index (κ3) is 3.04. The van der Waals surface area contributed by atoms with Crippen LogP contribution in [-0.2, 0) is 16.3 Å². The van der Waals surface area contributed by atoms with Crippen LogP contribution in [0, 0.1) is 0 Å². The molecule has 0 atom stereocenters. The van der Waals surface area contributed by atoms with E-state index in [1.807, 2.05) is 6.92 Å². The zero-order valence-electron chi connectivity index (χ0n) is 11.2. The number of halogens is 3. The lowest BCUT2D eigenvalue weighted by atomic mass is 10.4. The molecule has 1 aromatic carbocycles. The van der Waals surface area contributed by atoms with Crippen molar-refractivity contribution in [2.75, 3.05) is 5.84 Å². The molecule has 120 valence electrons. The van der Waals surface area contributed by atoms with Crippen LogP contribution in [0.3, 0.4) is 0 Å². The summed E-state index contributed by atoms with van der Waals surface area (Å²) in [5.41, 5.74) is -5.32. The largest absolute Gasteiger partial charge is 0.501 e. The molecule has 0 aliphatic carbocycles. The van der Waals surface area contributed by atoms with E-state index in [1.54, 1.807) is 0 Å². The molecule has 1 aromatic heterocycles. The molecule has 22 heavy (non-hydrogen) atoms. The average molecular weight is 352 g/mol. The van der Waals surface area contributed by atoms with Crippen molar-refractivity contribution in [2.24, 2.45) is 0 Å². The number of alkyl halides is 3. The van der Waals surface area contributed by atoms with Gasteiger partial charge in [-0.1, -0.05) is 6.92 Å². The number of rotatable bonds is 4. The molecule has 0 unspecified atom stereocenters. The maximum Gasteiger partial charge on any atom is 0.501 e. The van der Waals surface area contributed by atoms with Crippen LogP contribution in [0.1, 0.15) is 12.7 Å². The predicted molar refractivity (Wildman–Crippen MR) is 73.4 cm³/mol. The van der Waals surface area contributed by atoms with Crippen molar-refractivity contribution in [1.29, 1.82) is 0 Å². The van der Waals surface area contributed by atoms with Crippen LogP contribution >= 0.6 is 11.8 Å². The van der Waals surface area contributed by atoms with Crippen LogP contribution in [0.2, 0.25) is 0 Å². The number of nitrogens with zero attached hydrogens (tertiary/aromatic N) is 3. The molecular weight excluding hydrogens is 341 g/mol. The van der Waals surface area contributed by atoms with Crippen molar-refractivity contribution >= 4 is 21.6 Å². The molecule has 0 aliphatic rings. The van der Waals surface area contributed by atoms with Gasteiger partial charge in [0.15, 0.2) is 5.82 Å². The summed E-state index contributed by atoms with van der Waals surface area (Å²) in [7, 11) is -5.34. The van der Waals surface area contributed by atoms with Crippen molar-refractivity contribution in [3.05, 3.63) is 30.1 Å². The highest BCUT2D eigenvalue weighted by Gasteiger charge is 2.46. The molecule has 2 rings (SSSR count). The molecule has 0 saturated heterocycles. The third-order valence-electron chi connectivity index (χ3n) is 2.70. The number of aryl methyl sites for hydroxylation is 1. The Labute approximate surface area is 128 Å². The quantitative estimate of drug-likeness (QED) is 0.847. The molecule has 6 nitrogen and oxygen atoms in total. The Bertz CT molecular complexity index is 770. The molecule has 0 spiro atoms. The second-order valence-electron chi connectivity index (χ2n) is 4.15. The molecule has 1 heterocycles. The molecule has 0 aliphatic heterocycles. The smallest absolute Gasteiger partial charge is 0.336 e. The number of nitrogen functional groups attached to an aromatic ring is 1. The molecule has 2 N–H and O–H groups in total. The van der Waals surface area contributed by atoms with Crippen molar-refractivity contribution in [2.45, 2.75) is 33.8 Å². The second-order valence-corrected chi connectivity index (χ2v) is 7.13. The lowest BCUT2D eigenvalue weighted by Gasteiger charge is -2.08. The topological polar surface area (TPSA) is 90.9 Å². The molecule has 2 aromatic rings. The molecule has 0 amide bonds. The van der Waals surface area contributed by atoms with Gasteiger partial charge in [-0.2, -0.15) is 13.2 Å². The first kappa shape index (κ1) is 16.6. The fourth-order valence-electron chi connectivity index (χ4n) is 1.54. The van der Waals surface area contributed by atoms with Crippen LogP contribution < -0.4 is 5.84 Å². The monoisotopic (exact) mass is 352 g/mol. The normalized spacial score (nSPS) is 12.5. The Kier molecular flexibility index (Phi) is 4.38. The Hall–Kier alpha value is -1.75. The first-order valence-electron chi connectivity index (χ1n) is 5.95. The molecule has 0 fully saturated rings. The van der Waals surface area contributed by atoms with E-state index >= 15 is 0 Å². The molecule has 0 bridgehead atoms. The van der Waals surface area contributed by atoms with Gasteiger partial charge in [-0.25, -0.2) is 13.1 Å². The first-order chi connectivity index (χ1) is 10.2. The summed E-state index contributed by atoms with van der Waals surface area (Å²) in [5.74, 6) is 6.30. The maximum absolute atomic E-state index is 12.4. The lowest BCUT2D eigenvalue weighted by Crippen LogP contribution is -2.23. The minimum atomic E-state index is -5.34. The van der Waals surface area contributed by atoms with E-state index in [0.717, 1.165) is 23.9 Å². The van der Waals surface area contributed by atoms with Crippen LogP contribution in [0.25, 0.3) is 0 Å². The van der Waals surface area contributed by atoms with E-state index in [2.05, 4.69) is 10.2 Å². The zero-order chi connectivity index (χ0) is 16.5. The van der Waals surface area contributed by atoms with Crippen LogP contribution in [0.4, 0.5) is 13.2 Å². The molecule has 11 heteroatoms. The standard InChI is InChI=1S/C11H11F3N4O2S2/c1-2-9-16-17-10(18(9)15)21-7-3-5-8(6-4-7)22(19,20)11(12,13)14/h3-6H,2,15H2,1H3. The first-order valence-corrected chi connectivity index (χ1v) is 8.25. The molecular formula is C11H11F3N4O2S2. The van der Waals surface area contributed by atoms with E-state index in [1.165, 1.54) is 16.8 Å². The van der Waals surface area contributed by atoms with Gasteiger partial charge in [-0.15, -0.1) is 10.2 Å². The van der Waals surface area contributed by atoms with Crippen molar-refractivity contribution < 1.29 is 21.6 Å². The van der Waals surface area contributed by atoms with Gasteiger partial charge in [0.1, 0.15) is 0 Å². The van der Waals surface area contributed by atoms with Gasteiger partial charge in [-0.05, 0) is 36.0 Å². The highest BCUT2D eigenvalue weighted by Crippen LogP contribution is 2.32. The van der Waals surface area contributed by atoms with E-state index in [-0.39, 0.29) is 0 Å². The third-order valence-corrected chi connectivity index (χ3v) is 5.17. The second kappa shape index (κ2) is 5.80. The summed E-state index contributed by atoms with van der Waals surface area (Å²) in [5, 5.41) is 8.04. The summed E-state index contributed by atoms with van der Waals surface area (Å²) in [6, 6.07) is 4.29. The number of nitrogens with two attached hydrogens (primary N) is 1. The number of hydrogen-bond donors (Lipinski definition) is 1. The minimum absolute atomic E-state index is 0.350. The summed E-state index contributed by atoms with van der Waals surface area (Å²) in [6.07, 6.45) is 0.576. The highest BCUT2D eigenvalue weighted by atomic mass is 32.2. The van der Waals surface area contributed by atoms with Crippen LogP contribution in [0.15, 0.2) is 39.2 Å². The summed E-state index contributed by atoms with van der Waals surface area (Å²) in [4.78, 5) is -0.323. The van der Waals surface area contributed by atoms with E-state index in [4.69, 9.17) is 5.84 Å². The van der Waals surface area contributed by atoms with Gasteiger partial charge < -0.3 is 5.84 Å². The Balaban J connectivity index is 2.25. The fourth-order valence-corrected chi connectivity index (χ4v) is 3.07. The van der Waals surface area contributed by atoms with Gasteiger partial charge in [0.05, 0.1) is 4.90 Å². The Morgan fingerprint density at radius 1 is 1.23 bits per heavy atom. The number of hydrogen-bond acceptors (Lipinski definition) is 6. The average Bonchev–Trinajstić information content (AvgIpc) is 2.79. The van der Waals surface area contributed by atoms with E-state index < -0.39 is 20.2 Å². The SMILES string of the molecule is CCc1nnc(Sc2ccc(S(=O)(=O)C(F)(F)F)cc2)n1N. The molecule has 0 radical (unpaired) electrons. The lowest BCUT2D eigenvalue weighted by molar-refractivity contribution is -0.0436. The van der Waals surface area contributed by atoms with Gasteiger partial charge >= 0.3 is 5.51 Å². The van der Waals surface area contributed by atoms with Gasteiger partial charge in [-0.3, -0.25) is 0 Å². The fraction of sp³-hybridized carbons (Fsp3) is 0.273. The van der Waals surface area contributed by atoms with Gasteiger partial charge in [0, 0.05) is 11.3 Å². The molecule has 0 saturated carbocycles. The summed E-state index contributed by atoms with van der Waals surface area (Å²) in [6.45, 7) is 1.85. The summed E-state index contributed by atoms with van der Waals surface area (Å²) < 4.78 is 61.0. The number of aromatic nitrogens is 3. The van der Waals surface area contributed by atoms with Crippen LogP contribution in [0.5, 0.6) is 0 Å². The van der Waals surface area contributed by atoms with Gasteiger partial charge in [0.2, 0.25) is 5.16 Å². The van der Waals surface area contributed by atoms with Crippen LogP contribution in [-0.4, -0.2) is 28.8 Å². The van der Waals surface area contributed by atoms with Crippen molar-refractivity contribution in [1.82, 2.24) is 14.9 Å². The number of sulfone groups is 1. The predicted octanol–water partition coefficient (Wildman–Crippen LogP) is 2.00. The van der Waals surface area contributed by atoms with Crippen molar-refractivity contribution in [3.8, 4) is 0 Å². The van der Waals surface area contributed by atoms with Gasteiger partial charge in [0.25, 0.3) is 9.84 Å². The number of benzene rings is 1. The minimum Gasteiger partial charge on any atom is -0.336 e. The van der Waals surface area contributed by atoms with E-state index in [9.17, 15) is 21.6 Å². The van der Waals surface area contributed by atoms with E-state index in [0.29, 0.717) is 22.3 Å². The zero-order valence-corrected chi connectivity index (χ0v) is 12.8. The maximum atomic E-state index is 12.4. The van der Waals surface area contributed by atoms with Crippen molar-refractivity contribution in [3.63, 3.8) is 0 Å². The highest BCUT2D eigenvalue weighted by molar-refractivity contribution is 7.99. The Morgan fingerprint density at radius 2 is 1.82 bits per heavy atom. The Morgan fingerprint density at radius 3 is 2.27 bits per heavy atom.